The number of methoxy groups -OCH3 is 1. The highest BCUT2D eigenvalue weighted by Crippen LogP contribution is 2.41. The number of carbonyl (C=O) groups excluding carboxylic acids is 2. The number of hydrogen-bond donors (Lipinski definition) is 2. The molecule has 2 N–H and O–H groups in total. The molecule has 1 atom stereocenters. The summed E-state index contributed by atoms with van der Waals surface area (Å²) in [6.45, 7) is 7.40. The number of Topliss-reactive ketones (excluding diaryl/α,β-unsaturated/α-hetero) is 1. The SMILES string of the molecule is COc1cc([C@H]2C(=C(O)c3ccc(OC(C)C)cc3)C(=O)C(=O)N2CCN2CCOCC2)ccc1O. The number of carbonyl (C=O) groups is 2. The summed E-state index contributed by atoms with van der Waals surface area (Å²) in [6.07, 6.45) is -0.00860. The van der Waals surface area contributed by atoms with E-state index in [1.807, 2.05) is 13.8 Å². The monoisotopic (exact) mass is 496 g/mol. The van der Waals surface area contributed by atoms with Gasteiger partial charge in [0.15, 0.2) is 11.5 Å². The Balaban J connectivity index is 1.73. The topological polar surface area (TPSA) is 109 Å². The third-order valence-corrected chi connectivity index (χ3v) is 6.32. The van der Waals surface area contributed by atoms with Gasteiger partial charge in [0.2, 0.25) is 0 Å². The molecular formula is C27H32N2O7. The minimum atomic E-state index is -0.841. The average Bonchev–Trinajstić information content (AvgIpc) is 3.13. The van der Waals surface area contributed by atoms with E-state index in [1.165, 1.54) is 18.1 Å². The van der Waals surface area contributed by atoms with Crippen LogP contribution in [0.3, 0.4) is 0 Å². The first-order chi connectivity index (χ1) is 17.3. The highest BCUT2D eigenvalue weighted by Gasteiger charge is 2.46. The number of ether oxygens (including phenoxy) is 3. The largest absolute Gasteiger partial charge is 0.507 e. The lowest BCUT2D eigenvalue weighted by Crippen LogP contribution is -2.42. The van der Waals surface area contributed by atoms with Crippen molar-refractivity contribution in [2.75, 3.05) is 46.5 Å². The Hall–Kier alpha value is -3.56. The Bertz CT molecular complexity index is 1140. The van der Waals surface area contributed by atoms with Gasteiger partial charge < -0.3 is 29.3 Å². The number of aromatic hydroxyl groups is 1. The molecule has 36 heavy (non-hydrogen) atoms. The molecular weight excluding hydrogens is 464 g/mol. The van der Waals surface area contributed by atoms with Crippen molar-refractivity contribution >= 4 is 17.4 Å². The zero-order chi connectivity index (χ0) is 25.8. The van der Waals surface area contributed by atoms with Crippen LogP contribution in [0.5, 0.6) is 17.2 Å². The molecule has 0 aromatic heterocycles. The molecule has 2 aliphatic rings. The summed E-state index contributed by atoms with van der Waals surface area (Å²) in [5.41, 5.74) is 0.937. The molecule has 9 nitrogen and oxygen atoms in total. The summed E-state index contributed by atoms with van der Waals surface area (Å²) in [7, 11) is 1.43. The van der Waals surface area contributed by atoms with Gasteiger partial charge in [-0.25, -0.2) is 0 Å². The molecule has 2 aromatic rings. The predicted octanol–water partition coefficient (Wildman–Crippen LogP) is 2.94. The van der Waals surface area contributed by atoms with E-state index in [0.717, 1.165) is 13.1 Å². The highest BCUT2D eigenvalue weighted by molar-refractivity contribution is 6.46. The fraction of sp³-hybridized carbons (Fsp3) is 0.407. The van der Waals surface area contributed by atoms with E-state index in [1.54, 1.807) is 36.4 Å². The van der Waals surface area contributed by atoms with Gasteiger partial charge in [0.05, 0.1) is 38.0 Å². The van der Waals surface area contributed by atoms with Crippen molar-refractivity contribution in [2.24, 2.45) is 0 Å². The van der Waals surface area contributed by atoms with Crippen LogP contribution in [0.1, 0.15) is 31.0 Å². The smallest absolute Gasteiger partial charge is 0.295 e. The van der Waals surface area contributed by atoms with Gasteiger partial charge in [-0.15, -0.1) is 0 Å². The van der Waals surface area contributed by atoms with Gasteiger partial charge in [-0.1, -0.05) is 6.07 Å². The number of rotatable bonds is 8. The van der Waals surface area contributed by atoms with Crippen LogP contribution in [0.15, 0.2) is 48.0 Å². The fourth-order valence-electron chi connectivity index (χ4n) is 4.51. The number of nitrogens with zero attached hydrogens (tertiary/aromatic N) is 2. The molecule has 0 aliphatic carbocycles. The van der Waals surface area contributed by atoms with Crippen molar-refractivity contribution < 1.29 is 34.0 Å². The zero-order valence-electron chi connectivity index (χ0n) is 20.8. The quantitative estimate of drug-likeness (QED) is 0.326. The van der Waals surface area contributed by atoms with Crippen molar-refractivity contribution in [3.05, 3.63) is 59.2 Å². The third kappa shape index (κ3) is 5.32. The molecule has 4 rings (SSSR count). The molecule has 0 saturated carbocycles. The van der Waals surface area contributed by atoms with Crippen LogP contribution in [0.4, 0.5) is 0 Å². The normalized spacial score (nSPS) is 20.2. The van der Waals surface area contributed by atoms with Crippen LogP contribution >= 0.6 is 0 Å². The van der Waals surface area contributed by atoms with Crippen molar-refractivity contribution in [3.8, 4) is 17.2 Å². The maximum atomic E-state index is 13.3. The van der Waals surface area contributed by atoms with Gasteiger partial charge in [0, 0.05) is 31.7 Å². The number of amides is 1. The Kier molecular flexibility index (Phi) is 7.81. The number of likely N-dealkylation sites (tertiary alicyclic amines) is 1. The van der Waals surface area contributed by atoms with Gasteiger partial charge in [0.25, 0.3) is 11.7 Å². The van der Waals surface area contributed by atoms with E-state index in [-0.39, 0.29) is 35.5 Å². The maximum absolute atomic E-state index is 13.3. The zero-order valence-corrected chi connectivity index (χ0v) is 20.8. The highest BCUT2D eigenvalue weighted by atomic mass is 16.5. The van der Waals surface area contributed by atoms with Crippen LogP contribution in [-0.4, -0.2) is 84.3 Å². The van der Waals surface area contributed by atoms with Crippen LogP contribution in [0.25, 0.3) is 5.76 Å². The van der Waals surface area contributed by atoms with E-state index >= 15 is 0 Å². The van der Waals surface area contributed by atoms with E-state index in [4.69, 9.17) is 14.2 Å². The van der Waals surface area contributed by atoms with Gasteiger partial charge in [-0.2, -0.15) is 0 Å². The molecule has 0 radical (unpaired) electrons. The second-order valence-corrected chi connectivity index (χ2v) is 9.07. The first-order valence-corrected chi connectivity index (χ1v) is 12.0. The Morgan fingerprint density at radius 2 is 1.78 bits per heavy atom. The van der Waals surface area contributed by atoms with E-state index < -0.39 is 17.7 Å². The lowest BCUT2D eigenvalue weighted by molar-refractivity contribution is -0.140. The van der Waals surface area contributed by atoms with E-state index in [2.05, 4.69) is 4.90 Å². The molecule has 0 bridgehead atoms. The molecule has 2 saturated heterocycles. The number of benzene rings is 2. The Labute approximate surface area is 210 Å². The van der Waals surface area contributed by atoms with E-state index in [9.17, 15) is 19.8 Å². The summed E-state index contributed by atoms with van der Waals surface area (Å²) >= 11 is 0. The Morgan fingerprint density at radius 1 is 1.08 bits per heavy atom. The second-order valence-electron chi connectivity index (χ2n) is 9.07. The summed E-state index contributed by atoms with van der Waals surface area (Å²) in [5, 5.41) is 21.4. The van der Waals surface area contributed by atoms with Gasteiger partial charge >= 0.3 is 0 Å². The van der Waals surface area contributed by atoms with Crippen molar-refractivity contribution in [1.82, 2.24) is 9.80 Å². The van der Waals surface area contributed by atoms with Crippen LogP contribution in [0.2, 0.25) is 0 Å². The number of aliphatic hydroxyl groups is 1. The molecule has 192 valence electrons. The van der Waals surface area contributed by atoms with Gasteiger partial charge in [0.1, 0.15) is 11.5 Å². The van der Waals surface area contributed by atoms with Crippen molar-refractivity contribution in [3.63, 3.8) is 0 Å². The minimum Gasteiger partial charge on any atom is -0.507 e. The fourth-order valence-corrected chi connectivity index (χ4v) is 4.51. The first-order valence-electron chi connectivity index (χ1n) is 12.0. The lowest BCUT2D eigenvalue weighted by atomic mass is 9.95. The standard InChI is InChI=1S/C27H32N2O7/c1-17(2)36-20-7-4-18(5-8-20)25(31)23-24(19-6-9-21(30)22(16-19)34-3)29(27(33)26(23)32)11-10-28-12-14-35-15-13-28/h4-9,16-17,24,30-31H,10-15H2,1-3H3/t24-/m0/s1. The first kappa shape index (κ1) is 25.5. The van der Waals surface area contributed by atoms with Gasteiger partial charge in [-0.05, 0) is 55.8 Å². The second kappa shape index (κ2) is 11.0. The van der Waals surface area contributed by atoms with Crippen LogP contribution in [0, 0.1) is 0 Å². The summed E-state index contributed by atoms with van der Waals surface area (Å²) < 4.78 is 16.3. The van der Waals surface area contributed by atoms with Crippen LogP contribution in [-0.2, 0) is 14.3 Å². The molecule has 2 fully saturated rings. The molecule has 1 amide bonds. The predicted molar refractivity (Wildman–Crippen MR) is 133 cm³/mol. The number of hydrogen-bond acceptors (Lipinski definition) is 8. The maximum Gasteiger partial charge on any atom is 0.295 e. The molecule has 2 aliphatic heterocycles. The average molecular weight is 497 g/mol. The van der Waals surface area contributed by atoms with Crippen molar-refractivity contribution in [2.45, 2.75) is 26.0 Å². The number of ketones is 1. The molecule has 2 aromatic carbocycles. The summed E-state index contributed by atoms with van der Waals surface area (Å²) in [6, 6.07) is 10.6. The Morgan fingerprint density at radius 3 is 2.42 bits per heavy atom. The number of phenolic OH excluding ortho intramolecular Hbond substituents is 1. The van der Waals surface area contributed by atoms with Crippen LogP contribution < -0.4 is 9.47 Å². The third-order valence-electron chi connectivity index (χ3n) is 6.32. The van der Waals surface area contributed by atoms with E-state index in [0.29, 0.717) is 36.6 Å². The lowest BCUT2D eigenvalue weighted by Gasteiger charge is -2.31. The summed E-state index contributed by atoms with van der Waals surface area (Å²) in [4.78, 5) is 30.1. The van der Waals surface area contributed by atoms with Crippen molar-refractivity contribution in [1.29, 1.82) is 0 Å². The number of phenols is 1. The molecule has 0 spiro atoms. The molecule has 2 heterocycles. The molecule has 9 heteroatoms. The minimum absolute atomic E-state index is 0.00718. The summed E-state index contributed by atoms with van der Waals surface area (Å²) in [5.74, 6) is -0.924. The number of morpholine rings is 1. The van der Waals surface area contributed by atoms with Gasteiger partial charge in [-0.3, -0.25) is 14.5 Å². The molecule has 0 unspecified atom stereocenters. The number of aliphatic hydroxyl groups excluding tert-OH is 1.